The molecular weight excluding hydrogens is 240 g/mol. The summed E-state index contributed by atoms with van der Waals surface area (Å²) >= 11 is 0. The number of benzene rings is 1. The number of rotatable bonds is 9. The molecule has 2 N–H and O–H groups in total. The summed E-state index contributed by atoms with van der Waals surface area (Å²) in [5, 5.41) is 0. The lowest BCUT2D eigenvalue weighted by molar-refractivity contribution is 0.0938. The van der Waals surface area contributed by atoms with Crippen molar-refractivity contribution in [2.45, 2.75) is 39.0 Å². The van der Waals surface area contributed by atoms with E-state index in [1.54, 1.807) is 19.2 Å². The number of carbonyl (C=O) groups excluding carboxylic acids is 1. The first-order chi connectivity index (χ1) is 9.27. The molecule has 19 heavy (non-hydrogen) atoms. The second-order valence-electron chi connectivity index (χ2n) is 4.49. The Morgan fingerprint density at radius 1 is 1.11 bits per heavy atom. The van der Waals surface area contributed by atoms with Gasteiger partial charge >= 0.3 is 0 Å². The topological polar surface area (TPSA) is 50.4 Å². The lowest BCUT2D eigenvalue weighted by atomic mass is 10.2. The molecule has 0 bridgehead atoms. The smallest absolute Gasteiger partial charge is 0.265 e. The van der Waals surface area contributed by atoms with Gasteiger partial charge in [-0.25, -0.2) is 5.43 Å². The molecule has 0 saturated heterocycles. The molecule has 0 fully saturated rings. The summed E-state index contributed by atoms with van der Waals surface area (Å²) in [6, 6.07) is 7.19. The Balaban J connectivity index is 2.26. The van der Waals surface area contributed by atoms with Gasteiger partial charge in [0.1, 0.15) is 5.75 Å². The number of amides is 1. The molecule has 0 aliphatic carbocycles. The Hall–Kier alpha value is -1.55. The fourth-order valence-electron chi connectivity index (χ4n) is 1.78. The van der Waals surface area contributed by atoms with Crippen LogP contribution in [-0.2, 0) is 0 Å². The second kappa shape index (κ2) is 9.39. The highest BCUT2D eigenvalue weighted by molar-refractivity contribution is 5.93. The van der Waals surface area contributed by atoms with Crippen LogP contribution in [0.1, 0.15) is 49.4 Å². The minimum atomic E-state index is -0.145. The normalized spacial score (nSPS) is 10.2. The predicted molar refractivity (Wildman–Crippen MR) is 77.2 cm³/mol. The molecule has 0 atom stereocenters. The molecule has 0 heterocycles. The van der Waals surface area contributed by atoms with Crippen LogP contribution in [0.2, 0.25) is 0 Å². The zero-order chi connectivity index (χ0) is 13.9. The minimum absolute atomic E-state index is 0.145. The monoisotopic (exact) mass is 264 g/mol. The van der Waals surface area contributed by atoms with Gasteiger partial charge in [0, 0.05) is 12.6 Å². The molecule has 1 aromatic rings. The lowest BCUT2D eigenvalue weighted by Gasteiger charge is -2.07. The molecular formula is C15H24N2O2. The maximum atomic E-state index is 11.5. The summed E-state index contributed by atoms with van der Waals surface area (Å²) in [5.74, 6) is 0.671. The Labute approximate surface area is 115 Å². The van der Waals surface area contributed by atoms with E-state index in [4.69, 9.17) is 4.74 Å². The summed E-state index contributed by atoms with van der Waals surface area (Å²) in [6.45, 7) is 2.95. The summed E-state index contributed by atoms with van der Waals surface area (Å²) < 4.78 is 5.63. The summed E-state index contributed by atoms with van der Waals surface area (Å²) in [5.41, 5.74) is 5.75. The molecule has 1 aromatic carbocycles. The molecule has 0 aliphatic heterocycles. The molecule has 0 aliphatic rings. The number of ether oxygens (including phenoxy) is 1. The van der Waals surface area contributed by atoms with Gasteiger partial charge in [-0.2, -0.15) is 0 Å². The van der Waals surface area contributed by atoms with Crippen LogP contribution < -0.4 is 15.6 Å². The maximum Gasteiger partial charge on any atom is 0.265 e. The van der Waals surface area contributed by atoms with E-state index in [2.05, 4.69) is 17.8 Å². The fourth-order valence-corrected chi connectivity index (χ4v) is 1.78. The SMILES string of the molecule is CCCCCCCOc1ccc(C(=O)NNC)cc1. The van der Waals surface area contributed by atoms with Crippen LogP contribution >= 0.6 is 0 Å². The van der Waals surface area contributed by atoms with E-state index in [-0.39, 0.29) is 5.91 Å². The third-order valence-corrected chi connectivity index (χ3v) is 2.87. The largest absolute Gasteiger partial charge is 0.494 e. The van der Waals surface area contributed by atoms with E-state index in [0.717, 1.165) is 18.8 Å². The molecule has 4 heteroatoms. The third kappa shape index (κ3) is 6.25. The van der Waals surface area contributed by atoms with Crippen LogP contribution in [0.25, 0.3) is 0 Å². The Bertz CT molecular complexity index is 363. The van der Waals surface area contributed by atoms with E-state index in [1.807, 2.05) is 12.1 Å². The van der Waals surface area contributed by atoms with E-state index >= 15 is 0 Å². The highest BCUT2D eigenvalue weighted by Gasteiger charge is 2.03. The second-order valence-corrected chi connectivity index (χ2v) is 4.49. The van der Waals surface area contributed by atoms with Crippen LogP contribution in [-0.4, -0.2) is 19.6 Å². The summed E-state index contributed by atoms with van der Waals surface area (Å²) in [7, 11) is 1.66. The van der Waals surface area contributed by atoms with Gasteiger partial charge < -0.3 is 4.74 Å². The van der Waals surface area contributed by atoms with Crippen LogP contribution in [0.3, 0.4) is 0 Å². The van der Waals surface area contributed by atoms with Crippen molar-refractivity contribution >= 4 is 5.91 Å². The van der Waals surface area contributed by atoms with Crippen molar-refractivity contribution in [1.82, 2.24) is 10.9 Å². The van der Waals surface area contributed by atoms with Gasteiger partial charge in [-0.05, 0) is 30.7 Å². The molecule has 0 saturated carbocycles. The van der Waals surface area contributed by atoms with Crippen LogP contribution in [0.4, 0.5) is 0 Å². The first kappa shape index (κ1) is 15.5. The average molecular weight is 264 g/mol. The molecule has 4 nitrogen and oxygen atoms in total. The van der Waals surface area contributed by atoms with Gasteiger partial charge in [-0.15, -0.1) is 0 Å². The molecule has 1 amide bonds. The van der Waals surface area contributed by atoms with Gasteiger partial charge in [0.2, 0.25) is 0 Å². The van der Waals surface area contributed by atoms with Crippen molar-refractivity contribution < 1.29 is 9.53 Å². The average Bonchev–Trinajstić information content (AvgIpc) is 2.43. The van der Waals surface area contributed by atoms with Gasteiger partial charge in [-0.3, -0.25) is 10.2 Å². The lowest BCUT2D eigenvalue weighted by Crippen LogP contribution is -2.33. The third-order valence-electron chi connectivity index (χ3n) is 2.87. The molecule has 0 aromatic heterocycles. The Kier molecular flexibility index (Phi) is 7.66. The van der Waals surface area contributed by atoms with Crippen molar-refractivity contribution in [2.75, 3.05) is 13.7 Å². The summed E-state index contributed by atoms with van der Waals surface area (Å²) in [6.07, 6.45) is 6.15. The molecule has 0 radical (unpaired) electrons. The Morgan fingerprint density at radius 2 is 1.79 bits per heavy atom. The highest BCUT2D eigenvalue weighted by Crippen LogP contribution is 2.13. The van der Waals surface area contributed by atoms with E-state index in [9.17, 15) is 4.79 Å². The van der Waals surface area contributed by atoms with E-state index in [0.29, 0.717) is 5.56 Å². The quantitative estimate of drug-likeness (QED) is 0.532. The molecule has 0 spiro atoms. The van der Waals surface area contributed by atoms with Gasteiger partial charge in [-0.1, -0.05) is 32.6 Å². The van der Waals surface area contributed by atoms with Gasteiger partial charge in [0.25, 0.3) is 5.91 Å². The standard InChI is InChI=1S/C15H24N2O2/c1-3-4-5-6-7-12-19-14-10-8-13(9-11-14)15(18)17-16-2/h8-11,16H,3-7,12H2,1-2H3,(H,17,18). The van der Waals surface area contributed by atoms with Crippen LogP contribution in [0, 0.1) is 0 Å². The minimum Gasteiger partial charge on any atom is -0.494 e. The van der Waals surface area contributed by atoms with E-state index in [1.165, 1.54) is 25.7 Å². The number of carbonyl (C=O) groups is 1. The zero-order valence-electron chi connectivity index (χ0n) is 11.9. The van der Waals surface area contributed by atoms with Crippen molar-refractivity contribution in [1.29, 1.82) is 0 Å². The first-order valence-corrected chi connectivity index (χ1v) is 6.98. The number of hydrogen-bond acceptors (Lipinski definition) is 3. The maximum absolute atomic E-state index is 11.5. The number of nitrogens with one attached hydrogen (secondary N) is 2. The number of hydrogen-bond donors (Lipinski definition) is 2. The van der Waals surface area contributed by atoms with Crippen molar-refractivity contribution in [3.8, 4) is 5.75 Å². The van der Waals surface area contributed by atoms with Gasteiger partial charge in [0.15, 0.2) is 0 Å². The molecule has 106 valence electrons. The first-order valence-electron chi connectivity index (χ1n) is 6.98. The van der Waals surface area contributed by atoms with Crippen molar-refractivity contribution in [2.24, 2.45) is 0 Å². The zero-order valence-corrected chi connectivity index (χ0v) is 11.9. The summed E-state index contributed by atoms with van der Waals surface area (Å²) in [4.78, 5) is 11.5. The van der Waals surface area contributed by atoms with Crippen LogP contribution in [0.15, 0.2) is 24.3 Å². The van der Waals surface area contributed by atoms with Crippen molar-refractivity contribution in [3.05, 3.63) is 29.8 Å². The Morgan fingerprint density at radius 3 is 2.42 bits per heavy atom. The predicted octanol–water partition coefficient (Wildman–Crippen LogP) is 2.90. The number of hydrazine groups is 1. The molecule has 1 rings (SSSR count). The highest BCUT2D eigenvalue weighted by atomic mass is 16.5. The fraction of sp³-hybridized carbons (Fsp3) is 0.533. The van der Waals surface area contributed by atoms with E-state index < -0.39 is 0 Å². The van der Waals surface area contributed by atoms with Crippen molar-refractivity contribution in [3.63, 3.8) is 0 Å². The van der Waals surface area contributed by atoms with Crippen LogP contribution in [0.5, 0.6) is 5.75 Å². The number of unbranched alkanes of at least 4 members (excludes halogenated alkanes) is 4. The molecule has 0 unspecified atom stereocenters. The van der Waals surface area contributed by atoms with Gasteiger partial charge in [0.05, 0.1) is 6.61 Å².